The van der Waals surface area contributed by atoms with Crippen LogP contribution in [0.4, 0.5) is 19.0 Å². The van der Waals surface area contributed by atoms with Gasteiger partial charge in [-0.3, -0.25) is 0 Å². The minimum atomic E-state index is -4.50. The van der Waals surface area contributed by atoms with E-state index in [1.165, 1.54) is 0 Å². The largest absolute Gasteiger partial charge is 0.433 e. The molecule has 2 fully saturated rings. The molecule has 1 aromatic heterocycles. The zero-order chi connectivity index (χ0) is 13.6. The van der Waals surface area contributed by atoms with Gasteiger partial charge in [0.2, 0.25) is 5.28 Å². The molecule has 0 aliphatic heterocycles. The number of hydrogen-bond donors (Lipinski definition) is 1. The van der Waals surface area contributed by atoms with Gasteiger partial charge in [-0.1, -0.05) is 0 Å². The molecule has 0 atom stereocenters. The van der Waals surface area contributed by atoms with E-state index in [2.05, 4.69) is 15.3 Å². The summed E-state index contributed by atoms with van der Waals surface area (Å²) in [4.78, 5) is 7.07. The predicted octanol–water partition coefficient (Wildman–Crippen LogP) is 3.75. The van der Waals surface area contributed by atoms with Crippen molar-refractivity contribution in [3.8, 4) is 0 Å². The lowest BCUT2D eigenvalue weighted by Gasteiger charge is -2.19. The molecule has 1 heterocycles. The molecule has 0 amide bonds. The molecule has 3 nitrogen and oxygen atoms in total. The molecule has 19 heavy (non-hydrogen) atoms. The summed E-state index contributed by atoms with van der Waals surface area (Å²) in [6, 6.07) is 1.16. The summed E-state index contributed by atoms with van der Waals surface area (Å²) in [5, 5.41) is 2.75. The second-order valence-corrected chi connectivity index (χ2v) is 5.59. The van der Waals surface area contributed by atoms with Crippen molar-refractivity contribution >= 4 is 17.4 Å². The smallest absolute Gasteiger partial charge is 0.367 e. The fourth-order valence-electron chi connectivity index (χ4n) is 2.34. The fraction of sp³-hybridized carbons (Fsp3) is 0.667. The van der Waals surface area contributed by atoms with Gasteiger partial charge in [0.1, 0.15) is 5.82 Å². The highest BCUT2D eigenvalue weighted by Crippen LogP contribution is 2.46. The van der Waals surface area contributed by atoms with Crippen molar-refractivity contribution in [3.63, 3.8) is 0 Å². The van der Waals surface area contributed by atoms with Gasteiger partial charge < -0.3 is 5.32 Å². The number of nitrogens with one attached hydrogen (secondary N) is 1. The van der Waals surface area contributed by atoms with Crippen LogP contribution in [0.15, 0.2) is 6.07 Å². The summed E-state index contributed by atoms with van der Waals surface area (Å²) >= 11 is 5.57. The molecule has 0 unspecified atom stereocenters. The van der Waals surface area contributed by atoms with Crippen LogP contribution in [0, 0.1) is 11.8 Å². The van der Waals surface area contributed by atoms with Crippen molar-refractivity contribution in [2.24, 2.45) is 11.8 Å². The first kappa shape index (κ1) is 13.0. The van der Waals surface area contributed by atoms with Crippen LogP contribution in [0.25, 0.3) is 0 Å². The second-order valence-electron chi connectivity index (χ2n) is 5.25. The summed E-state index contributed by atoms with van der Waals surface area (Å²) in [6.07, 6.45) is 0.0497. The normalized spacial score (nSPS) is 19.8. The molecule has 1 aromatic rings. The Morgan fingerprint density at radius 2 is 1.74 bits per heavy atom. The van der Waals surface area contributed by atoms with Crippen LogP contribution in [-0.2, 0) is 6.18 Å². The third-order valence-corrected chi connectivity index (χ3v) is 3.73. The van der Waals surface area contributed by atoms with E-state index in [-0.39, 0.29) is 17.1 Å². The molecule has 2 aliphatic carbocycles. The first-order chi connectivity index (χ1) is 8.93. The molecular formula is C12H13ClF3N3. The standard InChI is InChI=1S/C12H13ClF3N3/c13-11-17-8(12(14,15)16)5-9(19-11)18-10(6-1-2-6)7-3-4-7/h5-7,10H,1-4H2,(H,17,18,19). The molecule has 7 heteroatoms. The van der Waals surface area contributed by atoms with Gasteiger partial charge in [0.15, 0.2) is 5.69 Å². The topological polar surface area (TPSA) is 37.8 Å². The zero-order valence-electron chi connectivity index (χ0n) is 10.0. The van der Waals surface area contributed by atoms with Crippen molar-refractivity contribution in [1.29, 1.82) is 0 Å². The summed E-state index contributed by atoms with van der Waals surface area (Å²) in [5.41, 5.74) is -1.000. The van der Waals surface area contributed by atoms with Crippen LogP contribution in [0.5, 0.6) is 0 Å². The molecular weight excluding hydrogens is 279 g/mol. The number of rotatable bonds is 4. The van der Waals surface area contributed by atoms with Crippen molar-refractivity contribution < 1.29 is 13.2 Å². The number of nitrogens with zero attached hydrogens (tertiary/aromatic N) is 2. The Balaban J connectivity index is 1.81. The maximum absolute atomic E-state index is 12.7. The quantitative estimate of drug-likeness (QED) is 0.859. The minimum Gasteiger partial charge on any atom is -0.367 e. The Morgan fingerprint density at radius 3 is 2.21 bits per heavy atom. The maximum Gasteiger partial charge on any atom is 0.433 e. The predicted molar refractivity (Wildman–Crippen MR) is 64.9 cm³/mol. The monoisotopic (exact) mass is 291 g/mol. The lowest BCUT2D eigenvalue weighted by molar-refractivity contribution is -0.141. The average Bonchev–Trinajstić information content (AvgIpc) is 3.16. The lowest BCUT2D eigenvalue weighted by Crippen LogP contribution is -2.25. The van der Waals surface area contributed by atoms with Crippen LogP contribution in [-0.4, -0.2) is 16.0 Å². The molecule has 0 aromatic carbocycles. The molecule has 2 aliphatic rings. The van der Waals surface area contributed by atoms with Crippen molar-refractivity contribution in [1.82, 2.24) is 9.97 Å². The fourth-order valence-corrected chi connectivity index (χ4v) is 2.52. The molecule has 0 spiro atoms. The van der Waals surface area contributed by atoms with E-state index in [0.29, 0.717) is 11.8 Å². The highest BCUT2D eigenvalue weighted by molar-refractivity contribution is 6.28. The third kappa shape index (κ3) is 3.11. The number of aromatic nitrogens is 2. The Labute approximate surface area is 113 Å². The number of alkyl halides is 3. The van der Waals surface area contributed by atoms with Crippen LogP contribution in [0.1, 0.15) is 31.4 Å². The van der Waals surface area contributed by atoms with E-state index in [4.69, 9.17) is 11.6 Å². The molecule has 2 saturated carbocycles. The molecule has 104 valence electrons. The number of hydrogen-bond acceptors (Lipinski definition) is 3. The van der Waals surface area contributed by atoms with Crippen LogP contribution in [0.3, 0.4) is 0 Å². The second kappa shape index (κ2) is 4.51. The summed E-state index contributed by atoms with van der Waals surface area (Å²) < 4.78 is 38.0. The molecule has 3 rings (SSSR count). The molecule has 0 radical (unpaired) electrons. The first-order valence-corrected chi connectivity index (χ1v) is 6.69. The van der Waals surface area contributed by atoms with Gasteiger partial charge in [0.25, 0.3) is 0 Å². The van der Waals surface area contributed by atoms with Gasteiger partial charge in [-0.05, 0) is 49.1 Å². The van der Waals surface area contributed by atoms with Crippen molar-refractivity contribution in [2.75, 3.05) is 5.32 Å². The summed E-state index contributed by atoms with van der Waals surface area (Å²) in [7, 11) is 0. The van der Waals surface area contributed by atoms with Crippen LogP contribution in [0.2, 0.25) is 5.28 Å². The van der Waals surface area contributed by atoms with Gasteiger partial charge >= 0.3 is 6.18 Å². The first-order valence-electron chi connectivity index (χ1n) is 6.32. The Kier molecular flexibility index (Phi) is 3.08. The van der Waals surface area contributed by atoms with E-state index in [0.717, 1.165) is 31.7 Å². The van der Waals surface area contributed by atoms with E-state index >= 15 is 0 Å². The number of halogens is 4. The van der Waals surface area contributed by atoms with Gasteiger partial charge in [0.05, 0.1) is 0 Å². The summed E-state index contributed by atoms with van der Waals surface area (Å²) in [5.74, 6) is 1.31. The Hall–Kier alpha value is -1.04. The average molecular weight is 292 g/mol. The highest BCUT2D eigenvalue weighted by atomic mass is 35.5. The Morgan fingerprint density at radius 1 is 1.16 bits per heavy atom. The van der Waals surface area contributed by atoms with Gasteiger partial charge in [-0.15, -0.1) is 0 Å². The molecule has 1 N–H and O–H groups in total. The van der Waals surface area contributed by atoms with E-state index < -0.39 is 11.9 Å². The highest BCUT2D eigenvalue weighted by Gasteiger charge is 2.42. The Bertz CT molecular complexity index is 472. The lowest BCUT2D eigenvalue weighted by atomic mass is 10.1. The van der Waals surface area contributed by atoms with E-state index in [9.17, 15) is 13.2 Å². The van der Waals surface area contributed by atoms with E-state index in [1.54, 1.807) is 0 Å². The summed E-state index contributed by atoms with van der Waals surface area (Å²) in [6.45, 7) is 0. The zero-order valence-corrected chi connectivity index (χ0v) is 10.8. The molecule has 0 saturated heterocycles. The van der Waals surface area contributed by atoms with Crippen molar-refractivity contribution in [2.45, 2.75) is 37.9 Å². The van der Waals surface area contributed by atoms with Gasteiger partial charge in [0, 0.05) is 12.1 Å². The van der Waals surface area contributed by atoms with Gasteiger partial charge in [-0.2, -0.15) is 13.2 Å². The van der Waals surface area contributed by atoms with Gasteiger partial charge in [-0.25, -0.2) is 9.97 Å². The maximum atomic E-state index is 12.7. The van der Waals surface area contributed by atoms with Crippen LogP contribution >= 0.6 is 11.6 Å². The van der Waals surface area contributed by atoms with Crippen molar-refractivity contribution in [3.05, 3.63) is 17.0 Å². The molecule has 0 bridgehead atoms. The SMILES string of the molecule is FC(F)(F)c1cc(NC(C2CC2)C2CC2)nc(Cl)n1. The van der Waals surface area contributed by atoms with Crippen LogP contribution < -0.4 is 5.32 Å². The minimum absolute atomic E-state index is 0.177. The third-order valence-electron chi connectivity index (χ3n) is 3.56. The van der Waals surface area contributed by atoms with E-state index in [1.807, 2.05) is 0 Å². The number of anilines is 1.